The van der Waals surface area contributed by atoms with E-state index in [0.717, 1.165) is 17.7 Å². The molecule has 2 atom stereocenters. The molecule has 0 heterocycles. The molecule has 0 amide bonds. The summed E-state index contributed by atoms with van der Waals surface area (Å²) in [6.45, 7) is 11.4. The molecule has 136 valence electrons. The van der Waals surface area contributed by atoms with E-state index in [9.17, 15) is 8.42 Å². The lowest BCUT2D eigenvalue weighted by Crippen LogP contribution is -2.33. The van der Waals surface area contributed by atoms with Gasteiger partial charge in [0.1, 0.15) is 0 Å². The van der Waals surface area contributed by atoms with E-state index in [1.807, 2.05) is 38.1 Å². The SMILES string of the molecule is CC(C)NS(=O)(=O)Cc1ccccc1CNC1CC(C)(C)CC1C. The molecule has 1 aromatic rings. The Bertz CT molecular complexity index is 653. The van der Waals surface area contributed by atoms with Crippen LogP contribution in [0.4, 0.5) is 0 Å². The molecule has 2 unspecified atom stereocenters. The lowest BCUT2D eigenvalue weighted by atomic mass is 9.91. The van der Waals surface area contributed by atoms with Crippen molar-refractivity contribution in [1.82, 2.24) is 10.0 Å². The molecule has 5 heteroatoms. The Kier molecular flexibility index (Phi) is 6.10. The molecule has 2 rings (SSSR count). The van der Waals surface area contributed by atoms with Gasteiger partial charge in [0.25, 0.3) is 0 Å². The molecule has 1 fully saturated rings. The van der Waals surface area contributed by atoms with Crippen molar-refractivity contribution in [3.05, 3.63) is 35.4 Å². The summed E-state index contributed by atoms with van der Waals surface area (Å²) in [5, 5.41) is 3.65. The molecule has 0 radical (unpaired) electrons. The van der Waals surface area contributed by atoms with Crippen molar-refractivity contribution in [2.24, 2.45) is 11.3 Å². The van der Waals surface area contributed by atoms with Crippen LogP contribution in [0.2, 0.25) is 0 Å². The summed E-state index contributed by atoms with van der Waals surface area (Å²) in [6, 6.07) is 8.24. The fourth-order valence-electron chi connectivity index (χ4n) is 3.88. The van der Waals surface area contributed by atoms with Crippen molar-refractivity contribution in [2.75, 3.05) is 0 Å². The predicted molar refractivity (Wildman–Crippen MR) is 100 cm³/mol. The summed E-state index contributed by atoms with van der Waals surface area (Å²) < 4.78 is 27.1. The largest absolute Gasteiger partial charge is 0.310 e. The van der Waals surface area contributed by atoms with Crippen molar-refractivity contribution in [3.63, 3.8) is 0 Å². The molecule has 2 N–H and O–H groups in total. The molecule has 0 bridgehead atoms. The van der Waals surface area contributed by atoms with E-state index < -0.39 is 10.0 Å². The van der Waals surface area contributed by atoms with Gasteiger partial charge in [-0.3, -0.25) is 0 Å². The van der Waals surface area contributed by atoms with Crippen molar-refractivity contribution in [1.29, 1.82) is 0 Å². The molecule has 0 spiro atoms. The van der Waals surface area contributed by atoms with E-state index in [1.54, 1.807) is 0 Å². The van der Waals surface area contributed by atoms with Gasteiger partial charge in [-0.15, -0.1) is 0 Å². The molecule has 4 nitrogen and oxygen atoms in total. The van der Waals surface area contributed by atoms with Crippen LogP contribution in [0.25, 0.3) is 0 Å². The third-order valence-corrected chi connectivity index (χ3v) is 6.29. The highest BCUT2D eigenvalue weighted by Crippen LogP contribution is 2.40. The predicted octanol–water partition coefficient (Wildman–Crippen LogP) is 3.43. The van der Waals surface area contributed by atoms with Gasteiger partial charge in [0.15, 0.2) is 0 Å². The zero-order valence-corrected chi connectivity index (χ0v) is 16.4. The maximum atomic E-state index is 12.2. The summed E-state index contributed by atoms with van der Waals surface area (Å²) in [4.78, 5) is 0. The zero-order valence-electron chi connectivity index (χ0n) is 15.6. The first-order valence-corrected chi connectivity index (χ1v) is 10.5. The Labute approximate surface area is 147 Å². The fraction of sp³-hybridized carbons (Fsp3) is 0.684. The number of hydrogen-bond donors (Lipinski definition) is 2. The number of hydrogen-bond acceptors (Lipinski definition) is 3. The molecule has 24 heavy (non-hydrogen) atoms. The van der Waals surface area contributed by atoms with Crippen molar-refractivity contribution in [2.45, 2.75) is 71.8 Å². The Balaban J connectivity index is 2.04. The quantitative estimate of drug-likeness (QED) is 0.790. The van der Waals surface area contributed by atoms with Gasteiger partial charge in [0.05, 0.1) is 5.75 Å². The van der Waals surface area contributed by atoms with E-state index >= 15 is 0 Å². The first-order chi connectivity index (χ1) is 11.1. The Hall–Kier alpha value is -0.910. The van der Waals surface area contributed by atoms with Gasteiger partial charge in [-0.1, -0.05) is 45.0 Å². The maximum Gasteiger partial charge on any atom is 0.216 e. The van der Waals surface area contributed by atoms with Crippen LogP contribution in [-0.4, -0.2) is 20.5 Å². The van der Waals surface area contributed by atoms with E-state index in [-0.39, 0.29) is 11.8 Å². The average molecular weight is 353 g/mol. The monoisotopic (exact) mass is 352 g/mol. The first kappa shape index (κ1) is 19.4. The topological polar surface area (TPSA) is 58.2 Å². The Morgan fingerprint density at radius 3 is 2.33 bits per heavy atom. The van der Waals surface area contributed by atoms with Gasteiger partial charge in [0.2, 0.25) is 10.0 Å². The van der Waals surface area contributed by atoms with Crippen LogP contribution in [0.3, 0.4) is 0 Å². The second-order valence-corrected chi connectivity index (χ2v) is 10.1. The number of nitrogens with one attached hydrogen (secondary N) is 2. The van der Waals surface area contributed by atoms with E-state index in [2.05, 4.69) is 30.8 Å². The average Bonchev–Trinajstić information content (AvgIpc) is 2.68. The summed E-state index contributed by atoms with van der Waals surface area (Å²) >= 11 is 0. The molecule has 1 saturated carbocycles. The molecule has 0 aliphatic heterocycles. The minimum Gasteiger partial charge on any atom is -0.310 e. The number of benzene rings is 1. The van der Waals surface area contributed by atoms with Gasteiger partial charge >= 0.3 is 0 Å². The van der Waals surface area contributed by atoms with Gasteiger partial charge in [0, 0.05) is 18.6 Å². The van der Waals surface area contributed by atoms with Crippen LogP contribution in [0.15, 0.2) is 24.3 Å². The summed E-state index contributed by atoms with van der Waals surface area (Å²) in [7, 11) is -3.30. The van der Waals surface area contributed by atoms with Crippen LogP contribution in [-0.2, 0) is 22.3 Å². The summed E-state index contributed by atoms with van der Waals surface area (Å²) in [5.41, 5.74) is 2.34. The summed E-state index contributed by atoms with van der Waals surface area (Å²) in [5.74, 6) is 0.688. The molecular weight excluding hydrogens is 320 g/mol. The Morgan fingerprint density at radius 1 is 1.17 bits per heavy atom. The van der Waals surface area contributed by atoms with Crippen LogP contribution in [0, 0.1) is 11.3 Å². The Morgan fingerprint density at radius 2 is 1.79 bits per heavy atom. The third-order valence-electron chi connectivity index (χ3n) is 4.77. The van der Waals surface area contributed by atoms with Gasteiger partial charge in [-0.25, -0.2) is 13.1 Å². The van der Waals surface area contributed by atoms with E-state index in [1.165, 1.54) is 12.8 Å². The van der Waals surface area contributed by atoms with Crippen molar-refractivity contribution >= 4 is 10.0 Å². The molecule has 0 aromatic heterocycles. The smallest absolute Gasteiger partial charge is 0.216 e. The van der Waals surface area contributed by atoms with Crippen LogP contribution in [0.5, 0.6) is 0 Å². The molecule has 1 aliphatic carbocycles. The second kappa shape index (κ2) is 7.54. The first-order valence-electron chi connectivity index (χ1n) is 8.88. The minimum atomic E-state index is -3.30. The van der Waals surface area contributed by atoms with Crippen LogP contribution >= 0.6 is 0 Å². The molecular formula is C19H32N2O2S. The van der Waals surface area contributed by atoms with E-state index in [4.69, 9.17) is 0 Å². The normalized spacial score (nSPS) is 23.8. The fourth-order valence-corrected chi connectivity index (χ4v) is 5.38. The lowest BCUT2D eigenvalue weighted by Gasteiger charge is -2.20. The highest BCUT2D eigenvalue weighted by atomic mass is 32.2. The lowest BCUT2D eigenvalue weighted by molar-refractivity contribution is 0.362. The highest BCUT2D eigenvalue weighted by molar-refractivity contribution is 7.88. The molecule has 0 saturated heterocycles. The minimum absolute atomic E-state index is 0.0365. The van der Waals surface area contributed by atoms with Gasteiger partial charge in [-0.05, 0) is 49.1 Å². The van der Waals surface area contributed by atoms with E-state index in [0.29, 0.717) is 17.4 Å². The zero-order chi connectivity index (χ0) is 18.0. The van der Waals surface area contributed by atoms with Crippen LogP contribution in [0.1, 0.15) is 58.6 Å². The second-order valence-electron chi connectivity index (χ2n) is 8.34. The van der Waals surface area contributed by atoms with Crippen molar-refractivity contribution in [3.8, 4) is 0 Å². The van der Waals surface area contributed by atoms with Gasteiger partial charge < -0.3 is 5.32 Å². The standard InChI is InChI=1S/C19H32N2O2S/c1-14(2)21-24(22,23)13-17-9-7-6-8-16(17)12-20-18-11-19(4,5)10-15(18)3/h6-9,14-15,18,20-21H,10-13H2,1-5H3. The van der Waals surface area contributed by atoms with Gasteiger partial charge in [-0.2, -0.15) is 0 Å². The highest BCUT2D eigenvalue weighted by Gasteiger charge is 2.36. The molecule has 1 aliphatic rings. The maximum absolute atomic E-state index is 12.2. The van der Waals surface area contributed by atoms with Crippen molar-refractivity contribution < 1.29 is 8.42 Å². The number of sulfonamides is 1. The number of rotatable bonds is 7. The summed E-state index contributed by atoms with van der Waals surface area (Å²) in [6.07, 6.45) is 2.41. The third kappa shape index (κ3) is 5.57. The molecule has 1 aromatic carbocycles. The van der Waals surface area contributed by atoms with Crippen LogP contribution < -0.4 is 10.0 Å².